The maximum atomic E-state index is 12.7. The minimum atomic E-state index is -1.19. The number of phenols is 1. The predicted molar refractivity (Wildman–Crippen MR) is 117 cm³/mol. The van der Waals surface area contributed by atoms with Crippen molar-refractivity contribution in [2.45, 2.75) is 12.6 Å². The number of nitrogens with one attached hydrogen (secondary N) is 3. The Morgan fingerprint density at radius 3 is 2.72 bits per heavy atom. The van der Waals surface area contributed by atoms with Crippen LogP contribution in [0.3, 0.4) is 0 Å². The van der Waals surface area contributed by atoms with Crippen LogP contribution >= 0.6 is 0 Å². The summed E-state index contributed by atoms with van der Waals surface area (Å²) in [7, 11) is 0. The Morgan fingerprint density at radius 1 is 1.19 bits per heavy atom. The third-order valence-electron chi connectivity index (χ3n) is 5.19. The summed E-state index contributed by atoms with van der Waals surface area (Å²) in [6.07, 6.45) is 0. The molecule has 1 saturated heterocycles. The van der Waals surface area contributed by atoms with E-state index in [0.29, 0.717) is 25.3 Å². The summed E-state index contributed by atoms with van der Waals surface area (Å²) in [6.45, 7) is 2.79. The van der Waals surface area contributed by atoms with Gasteiger partial charge in [0.1, 0.15) is 11.8 Å². The Hall–Kier alpha value is -3.47. The number of fused-ring (bicyclic) bond motifs is 1. The number of hydrogen-bond donors (Lipinski definition) is 5. The molecule has 5 N–H and O–H groups in total. The summed E-state index contributed by atoms with van der Waals surface area (Å²) in [5.74, 6) is -1.03. The molecule has 3 aromatic rings. The number of morpholine rings is 1. The van der Waals surface area contributed by atoms with Gasteiger partial charge in [-0.3, -0.25) is 19.8 Å². The van der Waals surface area contributed by atoms with E-state index in [4.69, 9.17) is 4.74 Å². The van der Waals surface area contributed by atoms with Gasteiger partial charge in [0.2, 0.25) is 5.95 Å². The van der Waals surface area contributed by atoms with Gasteiger partial charge in [-0.15, -0.1) is 0 Å². The Morgan fingerprint density at radius 2 is 1.97 bits per heavy atom. The van der Waals surface area contributed by atoms with Gasteiger partial charge in [-0.2, -0.15) is 0 Å². The number of amides is 2. The number of H-pyrrole nitrogens is 1. The van der Waals surface area contributed by atoms with E-state index in [1.807, 2.05) is 18.2 Å². The highest BCUT2D eigenvalue weighted by molar-refractivity contribution is 6.01. The molecule has 0 radical (unpaired) electrons. The molecule has 2 aromatic carbocycles. The molecule has 1 atom stereocenters. The number of carbonyl (C=O) groups is 2. The van der Waals surface area contributed by atoms with Crippen molar-refractivity contribution in [1.82, 2.24) is 20.2 Å². The zero-order valence-electron chi connectivity index (χ0n) is 17.4. The van der Waals surface area contributed by atoms with Crippen LogP contribution in [0.1, 0.15) is 15.9 Å². The molecule has 2 amide bonds. The molecule has 4 rings (SSSR count). The van der Waals surface area contributed by atoms with Gasteiger partial charge in [-0.05, 0) is 35.9 Å². The third-order valence-corrected chi connectivity index (χ3v) is 5.19. The van der Waals surface area contributed by atoms with Crippen molar-refractivity contribution < 1.29 is 24.5 Å². The normalized spacial score (nSPS) is 15.4. The van der Waals surface area contributed by atoms with E-state index in [1.165, 1.54) is 6.07 Å². The van der Waals surface area contributed by atoms with Crippen LogP contribution in [0.25, 0.3) is 11.0 Å². The first-order valence-electron chi connectivity index (χ1n) is 10.3. The lowest BCUT2D eigenvalue weighted by molar-refractivity contribution is -0.118. The number of aliphatic hydroxyl groups excluding tert-OH is 1. The summed E-state index contributed by atoms with van der Waals surface area (Å²) in [5.41, 5.74) is 2.40. The zero-order chi connectivity index (χ0) is 22.5. The molecule has 168 valence electrons. The number of nitrogens with zero attached hydrogens (tertiary/aromatic N) is 2. The Balaban J connectivity index is 1.42. The molecule has 0 spiro atoms. The van der Waals surface area contributed by atoms with Crippen LogP contribution in [0.5, 0.6) is 5.75 Å². The second-order valence-corrected chi connectivity index (χ2v) is 7.58. The molecule has 10 nitrogen and oxygen atoms in total. The monoisotopic (exact) mass is 439 g/mol. The Labute approximate surface area is 184 Å². The molecule has 0 saturated carbocycles. The van der Waals surface area contributed by atoms with Gasteiger partial charge in [-0.25, -0.2) is 4.98 Å². The number of aromatic hydroxyl groups is 1. The fraction of sp³-hybridized carbons (Fsp3) is 0.318. The van der Waals surface area contributed by atoms with E-state index in [-0.39, 0.29) is 17.3 Å². The average Bonchev–Trinajstić information content (AvgIpc) is 3.19. The van der Waals surface area contributed by atoms with Crippen molar-refractivity contribution in [3.63, 3.8) is 0 Å². The highest BCUT2D eigenvalue weighted by atomic mass is 16.5. The van der Waals surface area contributed by atoms with Crippen molar-refractivity contribution in [1.29, 1.82) is 0 Å². The zero-order valence-corrected chi connectivity index (χ0v) is 17.4. The summed E-state index contributed by atoms with van der Waals surface area (Å²) >= 11 is 0. The number of imidazole rings is 1. The minimum absolute atomic E-state index is 0.0480. The van der Waals surface area contributed by atoms with Crippen LogP contribution in [-0.4, -0.2) is 75.8 Å². The van der Waals surface area contributed by atoms with E-state index in [2.05, 4.69) is 25.5 Å². The molecule has 1 aromatic heterocycles. The van der Waals surface area contributed by atoms with Gasteiger partial charge >= 0.3 is 0 Å². The molecular weight excluding hydrogens is 414 g/mol. The number of aromatic nitrogens is 2. The lowest BCUT2D eigenvalue weighted by atomic mass is 10.1. The molecule has 2 heterocycles. The van der Waals surface area contributed by atoms with Gasteiger partial charge in [0, 0.05) is 25.2 Å². The van der Waals surface area contributed by atoms with E-state index < -0.39 is 24.5 Å². The van der Waals surface area contributed by atoms with Gasteiger partial charge in [0.15, 0.2) is 0 Å². The number of hydrogen-bond acceptors (Lipinski definition) is 7. The predicted octanol–water partition coefficient (Wildman–Crippen LogP) is 0.830. The molecule has 1 aliphatic heterocycles. The van der Waals surface area contributed by atoms with Gasteiger partial charge in [-0.1, -0.05) is 12.1 Å². The summed E-state index contributed by atoms with van der Waals surface area (Å²) in [5, 5.41) is 24.8. The standard InChI is InChI=1S/C22H25N5O5/c28-13-19(21(31)26-22-24-17-3-1-2-4-18(17)25-22)23-20(30)15-9-14(10-16(29)11-15)12-27-5-7-32-8-6-27/h1-4,9-11,19,28-29H,5-8,12-13H2,(H,23,30)(H2,24,25,26,31)/t19-/m0/s1. The van der Waals surface area contributed by atoms with E-state index in [1.54, 1.807) is 18.2 Å². The molecular formula is C22H25N5O5. The van der Waals surface area contributed by atoms with Gasteiger partial charge < -0.3 is 25.3 Å². The fourth-order valence-electron chi connectivity index (χ4n) is 3.57. The molecule has 1 aliphatic rings. The fourth-order valence-corrected chi connectivity index (χ4v) is 3.57. The number of anilines is 1. The van der Waals surface area contributed by atoms with Crippen LogP contribution in [-0.2, 0) is 16.1 Å². The van der Waals surface area contributed by atoms with E-state index in [9.17, 15) is 19.8 Å². The molecule has 0 unspecified atom stereocenters. The lowest BCUT2D eigenvalue weighted by Gasteiger charge is -2.26. The van der Waals surface area contributed by atoms with Crippen LogP contribution < -0.4 is 10.6 Å². The number of aromatic amines is 1. The Bertz CT molecular complexity index is 1080. The van der Waals surface area contributed by atoms with E-state index >= 15 is 0 Å². The second-order valence-electron chi connectivity index (χ2n) is 7.58. The van der Waals surface area contributed by atoms with Crippen molar-refractivity contribution in [3.05, 3.63) is 53.6 Å². The number of phenolic OH excluding ortho intramolecular Hbond substituents is 1. The first-order valence-corrected chi connectivity index (χ1v) is 10.3. The summed E-state index contributed by atoms with van der Waals surface area (Å²) in [4.78, 5) is 34.7. The second kappa shape index (κ2) is 9.77. The van der Waals surface area contributed by atoms with Crippen molar-refractivity contribution in [3.8, 4) is 5.75 Å². The molecule has 0 bridgehead atoms. The minimum Gasteiger partial charge on any atom is -0.508 e. The smallest absolute Gasteiger partial charge is 0.252 e. The Kier molecular flexibility index (Phi) is 6.64. The molecule has 10 heteroatoms. The largest absolute Gasteiger partial charge is 0.508 e. The van der Waals surface area contributed by atoms with Crippen molar-refractivity contribution >= 4 is 28.8 Å². The van der Waals surface area contributed by atoms with Crippen LogP contribution in [0, 0.1) is 0 Å². The number of rotatable bonds is 7. The summed E-state index contributed by atoms with van der Waals surface area (Å²) < 4.78 is 5.34. The average molecular weight is 439 g/mol. The highest BCUT2D eigenvalue weighted by Crippen LogP contribution is 2.18. The van der Waals surface area contributed by atoms with Crippen molar-refractivity contribution in [2.75, 3.05) is 38.2 Å². The lowest BCUT2D eigenvalue weighted by Crippen LogP contribution is -2.46. The van der Waals surface area contributed by atoms with E-state index in [0.717, 1.165) is 24.2 Å². The molecule has 1 fully saturated rings. The quantitative estimate of drug-likeness (QED) is 0.367. The number of ether oxygens (including phenoxy) is 1. The number of benzene rings is 2. The first kappa shape index (κ1) is 21.8. The summed E-state index contributed by atoms with van der Waals surface area (Å²) in [6, 6.07) is 10.7. The maximum Gasteiger partial charge on any atom is 0.252 e. The SMILES string of the molecule is O=C(N[C@@H](CO)C(=O)Nc1nc2ccccc2[nH]1)c1cc(O)cc(CN2CCOCC2)c1. The molecule has 32 heavy (non-hydrogen) atoms. The number of aliphatic hydroxyl groups is 1. The van der Waals surface area contributed by atoms with Crippen LogP contribution in [0.4, 0.5) is 5.95 Å². The number of carbonyl (C=O) groups excluding carboxylic acids is 2. The first-order chi connectivity index (χ1) is 15.5. The van der Waals surface area contributed by atoms with Gasteiger partial charge in [0.25, 0.3) is 11.8 Å². The van der Waals surface area contributed by atoms with Crippen LogP contribution in [0.2, 0.25) is 0 Å². The topological polar surface area (TPSA) is 140 Å². The molecule has 0 aliphatic carbocycles. The third kappa shape index (κ3) is 5.22. The van der Waals surface area contributed by atoms with Crippen LogP contribution in [0.15, 0.2) is 42.5 Å². The van der Waals surface area contributed by atoms with Crippen molar-refractivity contribution in [2.24, 2.45) is 0 Å². The van der Waals surface area contributed by atoms with Gasteiger partial charge in [0.05, 0.1) is 30.9 Å². The highest BCUT2D eigenvalue weighted by Gasteiger charge is 2.22. The number of para-hydroxylation sites is 2. The maximum absolute atomic E-state index is 12.7.